The fourth-order valence-electron chi connectivity index (χ4n) is 8.72. The highest BCUT2D eigenvalue weighted by Gasteiger charge is 2.57. The summed E-state index contributed by atoms with van der Waals surface area (Å²) in [5.41, 5.74) is 7.18. The van der Waals surface area contributed by atoms with E-state index in [1.54, 1.807) is 16.7 Å². The quantitative estimate of drug-likeness (QED) is 0.494. The normalized spacial score (nSPS) is 38.5. The lowest BCUT2D eigenvalue weighted by Crippen LogP contribution is -2.53. The van der Waals surface area contributed by atoms with Crippen LogP contribution in [0.4, 0.5) is 0 Å². The molecule has 0 unspecified atom stereocenters. The molecule has 1 fully saturated rings. The second-order valence-electron chi connectivity index (χ2n) is 12.7. The predicted octanol–water partition coefficient (Wildman–Crippen LogP) is 8.37. The molecule has 5 rings (SSSR count). The Balaban J connectivity index is 1.37. The summed E-state index contributed by atoms with van der Waals surface area (Å²) in [4.78, 5) is 0. The van der Waals surface area contributed by atoms with Gasteiger partial charge in [-0.15, -0.1) is 0 Å². The monoisotopic (exact) mass is 444 g/mol. The molecule has 1 nitrogen and oxygen atoms in total. The van der Waals surface area contributed by atoms with E-state index in [-0.39, 0.29) is 16.9 Å². The van der Waals surface area contributed by atoms with Crippen molar-refractivity contribution >= 4 is 6.08 Å². The first-order valence-corrected chi connectivity index (χ1v) is 13.5. The predicted molar refractivity (Wildman–Crippen MR) is 140 cm³/mol. The average molecular weight is 445 g/mol. The molecule has 1 aromatic carbocycles. The van der Waals surface area contributed by atoms with E-state index in [9.17, 15) is 5.11 Å². The van der Waals surface area contributed by atoms with Crippen LogP contribution in [0.3, 0.4) is 0 Å². The third-order valence-electron chi connectivity index (χ3n) is 10.7. The van der Waals surface area contributed by atoms with Gasteiger partial charge in [-0.1, -0.05) is 88.8 Å². The Morgan fingerprint density at radius 3 is 2.52 bits per heavy atom. The maximum atomic E-state index is 10.8. The number of benzene rings is 1. The van der Waals surface area contributed by atoms with E-state index < -0.39 is 0 Å². The van der Waals surface area contributed by atoms with Gasteiger partial charge in [0.25, 0.3) is 0 Å². The van der Waals surface area contributed by atoms with Crippen molar-refractivity contribution < 1.29 is 5.11 Å². The molecule has 6 atom stereocenters. The van der Waals surface area contributed by atoms with E-state index in [1.807, 2.05) is 0 Å². The molecule has 0 bridgehead atoms. The fraction of sp³-hybridized carbons (Fsp3) is 0.625. The van der Waals surface area contributed by atoms with Crippen LogP contribution in [0, 0.1) is 34.0 Å². The van der Waals surface area contributed by atoms with Gasteiger partial charge in [-0.25, -0.2) is 0 Å². The summed E-state index contributed by atoms with van der Waals surface area (Å²) in [6.45, 7) is 12.3. The molecule has 0 spiro atoms. The van der Waals surface area contributed by atoms with Crippen molar-refractivity contribution in [1.29, 1.82) is 0 Å². The van der Waals surface area contributed by atoms with Gasteiger partial charge in [0.2, 0.25) is 0 Å². The van der Waals surface area contributed by atoms with E-state index >= 15 is 0 Å². The lowest BCUT2D eigenvalue weighted by atomic mass is 9.46. The number of allylic oxidation sites excluding steroid dienone is 5. The van der Waals surface area contributed by atoms with E-state index in [0.29, 0.717) is 17.3 Å². The van der Waals surface area contributed by atoms with Gasteiger partial charge < -0.3 is 5.11 Å². The molecule has 0 saturated heterocycles. The standard InChI is InChI=1S/C32H44O/c1-22(10-9-13-23-11-7-6-8-12-23)25-15-16-26-24-14-17-28-30(2,3)29(33)19-21-32(28,5)27(24)18-20-31(25,26)4/h6-9,11-13,16,22,25,28-29,33H,10,14-15,17-21H2,1-5H3/t22-,25-,28+,29+,31-,32-/m1/s1. The summed E-state index contributed by atoms with van der Waals surface area (Å²) in [7, 11) is 0. The van der Waals surface area contributed by atoms with Crippen LogP contribution in [0.15, 0.2) is 59.2 Å². The van der Waals surface area contributed by atoms with Gasteiger partial charge in [-0.3, -0.25) is 0 Å². The van der Waals surface area contributed by atoms with Gasteiger partial charge in [0.1, 0.15) is 0 Å². The molecule has 1 N–H and O–H groups in total. The summed E-state index contributed by atoms with van der Waals surface area (Å²) in [5.74, 6) is 2.05. The number of aliphatic hydroxyl groups is 1. The number of hydrogen-bond acceptors (Lipinski definition) is 1. The van der Waals surface area contributed by atoms with Crippen LogP contribution in [-0.2, 0) is 0 Å². The third-order valence-corrected chi connectivity index (χ3v) is 10.7. The lowest BCUT2D eigenvalue weighted by molar-refractivity contribution is -0.0905. The van der Waals surface area contributed by atoms with Crippen molar-refractivity contribution in [2.75, 3.05) is 0 Å². The molecule has 4 aliphatic carbocycles. The van der Waals surface area contributed by atoms with Crippen LogP contribution in [0.1, 0.15) is 91.5 Å². The van der Waals surface area contributed by atoms with Gasteiger partial charge in [-0.05, 0) is 102 Å². The van der Waals surface area contributed by atoms with Crippen molar-refractivity contribution in [3.05, 3.63) is 64.8 Å². The molecule has 0 aliphatic heterocycles. The maximum Gasteiger partial charge on any atom is 0.0594 e. The zero-order valence-electron chi connectivity index (χ0n) is 21.5. The number of hydrogen-bond donors (Lipinski definition) is 1. The molecule has 0 radical (unpaired) electrons. The maximum absolute atomic E-state index is 10.8. The largest absolute Gasteiger partial charge is 0.393 e. The molecule has 1 heteroatoms. The van der Waals surface area contributed by atoms with Crippen molar-refractivity contribution in [2.24, 2.45) is 34.0 Å². The molecule has 4 aliphatic rings. The van der Waals surface area contributed by atoms with E-state index in [1.165, 1.54) is 37.7 Å². The zero-order chi connectivity index (χ0) is 23.4. The summed E-state index contributed by atoms with van der Waals surface area (Å²) in [6.07, 6.45) is 16.8. The average Bonchev–Trinajstić information content (AvgIpc) is 3.15. The fourth-order valence-corrected chi connectivity index (χ4v) is 8.72. The summed E-state index contributed by atoms with van der Waals surface area (Å²) in [5, 5.41) is 10.8. The van der Waals surface area contributed by atoms with Gasteiger partial charge >= 0.3 is 0 Å². The highest BCUT2D eigenvalue weighted by molar-refractivity contribution is 5.50. The van der Waals surface area contributed by atoms with Gasteiger partial charge in [-0.2, -0.15) is 0 Å². The Morgan fingerprint density at radius 1 is 1.00 bits per heavy atom. The first-order valence-electron chi connectivity index (χ1n) is 13.5. The first kappa shape index (κ1) is 23.2. The molecular weight excluding hydrogens is 400 g/mol. The molecule has 0 amide bonds. The van der Waals surface area contributed by atoms with Crippen LogP contribution in [0.25, 0.3) is 6.08 Å². The Hall–Kier alpha value is -1.60. The molecule has 33 heavy (non-hydrogen) atoms. The van der Waals surface area contributed by atoms with Crippen LogP contribution in [0.5, 0.6) is 0 Å². The minimum atomic E-state index is -0.147. The Bertz CT molecular complexity index is 979. The van der Waals surface area contributed by atoms with Gasteiger partial charge in [0.15, 0.2) is 0 Å². The SMILES string of the molecule is C[C@H](CC=Cc1ccccc1)[C@H]1CC=C2C3=C(CC[C@@]21C)[C@@]1(C)CC[C@H](O)C(C)(C)[C@@H]1CC3. The molecule has 1 saturated carbocycles. The molecule has 1 aromatic rings. The number of aliphatic hydroxyl groups excluding tert-OH is 1. The van der Waals surface area contributed by atoms with Crippen LogP contribution in [-0.4, -0.2) is 11.2 Å². The Morgan fingerprint density at radius 2 is 1.76 bits per heavy atom. The highest BCUT2D eigenvalue weighted by Crippen LogP contribution is 2.66. The number of fused-ring (bicyclic) bond motifs is 4. The smallest absolute Gasteiger partial charge is 0.0594 e. The topological polar surface area (TPSA) is 20.2 Å². The van der Waals surface area contributed by atoms with Crippen LogP contribution >= 0.6 is 0 Å². The van der Waals surface area contributed by atoms with E-state index in [4.69, 9.17) is 0 Å². The van der Waals surface area contributed by atoms with Crippen molar-refractivity contribution in [1.82, 2.24) is 0 Å². The van der Waals surface area contributed by atoms with Crippen molar-refractivity contribution in [2.45, 2.75) is 92.1 Å². The molecule has 0 aromatic heterocycles. The second-order valence-corrected chi connectivity index (χ2v) is 12.7. The van der Waals surface area contributed by atoms with Crippen molar-refractivity contribution in [3.8, 4) is 0 Å². The Kier molecular flexibility index (Phi) is 5.80. The third kappa shape index (κ3) is 3.61. The van der Waals surface area contributed by atoms with Gasteiger partial charge in [0, 0.05) is 0 Å². The first-order chi connectivity index (χ1) is 15.7. The minimum absolute atomic E-state index is 0.0263. The zero-order valence-corrected chi connectivity index (χ0v) is 21.5. The van der Waals surface area contributed by atoms with E-state index in [2.05, 4.69) is 83.2 Å². The van der Waals surface area contributed by atoms with E-state index in [0.717, 1.165) is 25.2 Å². The summed E-state index contributed by atoms with van der Waals surface area (Å²) >= 11 is 0. The Labute approximate surface area is 202 Å². The minimum Gasteiger partial charge on any atom is -0.393 e. The summed E-state index contributed by atoms with van der Waals surface area (Å²) in [6, 6.07) is 10.7. The lowest BCUT2D eigenvalue weighted by Gasteiger charge is -2.59. The van der Waals surface area contributed by atoms with Crippen LogP contribution < -0.4 is 0 Å². The second kappa shape index (κ2) is 8.26. The highest BCUT2D eigenvalue weighted by atomic mass is 16.3. The molecule has 0 heterocycles. The molecular formula is C32H44O. The van der Waals surface area contributed by atoms with Gasteiger partial charge in [0.05, 0.1) is 6.10 Å². The summed E-state index contributed by atoms with van der Waals surface area (Å²) < 4.78 is 0. The van der Waals surface area contributed by atoms with Crippen molar-refractivity contribution in [3.63, 3.8) is 0 Å². The molecule has 178 valence electrons. The van der Waals surface area contributed by atoms with Crippen LogP contribution in [0.2, 0.25) is 0 Å². The number of rotatable bonds is 4.